The zero-order valence-corrected chi connectivity index (χ0v) is 13.1. The zero-order valence-electron chi connectivity index (χ0n) is 10.7. The van der Waals surface area contributed by atoms with Gasteiger partial charge in [0.1, 0.15) is 0 Å². The van der Waals surface area contributed by atoms with E-state index in [1.54, 1.807) is 6.07 Å². The molecule has 0 spiro atoms. The average Bonchev–Trinajstić information content (AvgIpc) is 2.81. The van der Waals surface area contributed by atoms with Crippen LogP contribution in [0.1, 0.15) is 29.0 Å². The number of halogens is 4. The topological polar surface area (TPSA) is 12.0 Å². The quantitative estimate of drug-likeness (QED) is 0.784. The van der Waals surface area contributed by atoms with E-state index in [9.17, 15) is 13.2 Å². The number of rotatable bonds is 4. The lowest BCUT2D eigenvalue weighted by molar-refractivity contribution is -0.137. The number of benzene rings is 1. The first kappa shape index (κ1) is 15.5. The summed E-state index contributed by atoms with van der Waals surface area (Å²) in [5.74, 6) is 0. The molecule has 20 heavy (non-hydrogen) atoms. The Morgan fingerprint density at radius 3 is 2.55 bits per heavy atom. The Labute approximate surface area is 128 Å². The Bertz CT molecular complexity index is 580. The maximum absolute atomic E-state index is 12.8. The average molecular weight is 364 g/mol. The lowest BCUT2D eigenvalue weighted by Gasteiger charge is -2.18. The summed E-state index contributed by atoms with van der Waals surface area (Å²) in [6.07, 6.45) is -4.32. The standard InChI is InChI=1S/C14H13BrF3NS/c1-2-19-13(11-6-7-12(15)20-11)9-4-3-5-10(8-9)14(16,17)18/h3-8,13,19H,2H2,1H3. The van der Waals surface area contributed by atoms with Crippen LogP contribution < -0.4 is 5.32 Å². The minimum Gasteiger partial charge on any atom is -0.306 e. The second-order valence-electron chi connectivity index (χ2n) is 4.26. The summed E-state index contributed by atoms with van der Waals surface area (Å²) in [5, 5.41) is 3.23. The first-order chi connectivity index (χ1) is 9.41. The molecule has 6 heteroatoms. The second-order valence-corrected chi connectivity index (χ2v) is 6.75. The molecule has 1 aromatic carbocycles. The van der Waals surface area contributed by atoms with Crippen molar-refractivity contribution < 1.29 is 13.2 Å². The number of hydrogen-bond acceptors (Lipinski definition) is 2. The van der Waals surface area contributed by atoms with Crippen LogP contribution in [0.3, 0.4) is 0 Å². The largest absolute Gasteiger partial charge is 0.416 e. The third-order valence-electron chi connectivity index (χ3n) is 2.83. The van der Waals surface area contributed by atoms with Gasteiger partial charge in [0.15, 0.2) is 0 Å². The van der Waals surface area contributed by atoms with Gasteiger partial charge in [-0.25, -0.2) is 0 Å². The summed E-state index contributed by atoms with van der Waals surface area (Å²) in [4.78, 5) is 0.984. The SMILES string of the molecule is CCNC(c1cccc(C(F)(F)F)c1)c1ccc(Br)s1. The van der Waals surface area contributed by atoms with Crippen LogP contribution in [0, 0.1) is 0 Å². The van der Waals surface area contributed by atoms with Gasteiger partial charge in [0.05, 0.1) is 15.4 Å². The van der Waals surface area contributed by atoms with E-state index in [4.69, 9.17) is 0 Å². The Balaban J connectivity index is 2.39. The molecule has 0 radical (unpaired) electrons. The maximum Gasteiger partial charge on any atom is 0.416 e. The van der Waals surface area contributed by atoms with Crippen molar-refractivity contribution in [1.29, 1.82) is 0 Å². The molecule has 1 nitrogen and oxygen atoms in total. The van der Waals surface area contributed by atoms with Gasteiger partial charge in [0.25, 0.3) is 0 Å². The van der Waals surface area contributed by atoms with Gasteiger partial charge in [0, 0.05) is 4.88 Å². The molecule has 0 bridgehead atoms. The van der Waals surface area contributed by atoms with Gasteiger partial charge in [-0.1, -0.05) is 19.1 Å². The minimum atomic E-state index is -4.32. The number of alkyl halides is 3. The highest BCUT2D eigenvalue weighted by molar-refractivity contribution is 9.11. The lowest BCUT2D eigenvalue weighted by Crippen LogP contribution is -2.21. The molecular weight excluding hydrogens is 351 g/mol. The molecule has 1 atom stereocenters. The van der Waals surface area contributed by atoms with Crippen molar-refractivity contribution in [1.82, 2.24) is 5.32 Å². The molecule has 0 saturated carbocycles. The molecule has 2 aromatic rings. The van der Waals surface area contributed by atoms with Crippen molar-refractivity contribution in [2.75, 3.05) is 6.54 Å². The van der Waals surface area contributed by atoms with E-state index >= 15 is 0 Å². The van der Waals surface area contributed by atoms with Crippen molar-refractivity contribution in [3.05, 3.63) is 56.2 Å². The van der Waals surface area contributed by atoms with Crippen LogP contribution in [0.4, 0.5) is 13.2 Å². The Kier molecular flexibility index (Phi) is 4.88. The second kappa shape index (κ2) is 6.28. The molecule has 2 rings (SSSR count). The molecular formula is C14H13BrF3NS. The van der Waals surface area contributed by atoms with Gasteiger partial charge < -0.3 is 5.32 Å². The fourth-order valence-corrected chi connectivity index (χ4v) is 3.49. The van der Waals surface area contributed by atoms with Crippen LogP contribution >= 0.6 is 27.3 Å². The van der Waals surface area contributed by atoms with E-state index < -0.39 is 11.7 Å². The molecule has 1 aromatic heterocycles. The van der Waals surface area contributed by atoms with Crippen LogP contribution in [0.2, 0.25) is 0 Å². The summed E-state index contributed by atoms with van der Waals surface area (Å²) < 4.78 is 39.4. The highest BCUT2D eigenvalue weighted by atomic mass is 79.9. The summed E-state index contributed by atoms with van der Waals surface area (Å²) in [6.45, 7) is 2.61. The van der Waals surface area contributed by atoms with Crippen LogP contribution in [-0.2, 0) is 6.18 Å². The molecule has 1 heterocycles. The molecule has 0 aliphatic carbocycles. The van der Waals surface area contributed by atoms with Crippen molar-refractivity contribution >= 4 is 27.3 Å². The summed E-state index contributed by atoms with van der Waals surface area (Å²) in [7, 11) is 0. The van der Waals surface area contributed by atoms with E-state index in [-0.39, 0.29) is 6.04 Å². The molecule has 1 N–H and O–H groups in total. The van der Waals surface area contributed by atoms with Crippen LogP contribution in [0.15, 0.2) is 40.2 Å². The number of hydrogen-bond donors (Lipinski definition) is 1. The van der Waals surface area contributed by atoms with Crippen LogP contribution in [-0.4, -0.2) is 6.54 Å². The third-order valence-corrected chi connectivity index (χ3v) is 4.52. The zero-order chi connectivity index (χ0) is 14.8. The summed E-state index contributed by atoms with van der Waals surface area (Å²) in [6, 6.07) is 9.07. The number of nitrogens with one attached hydrogen (secondary N) is 1. The first-order valence-corrected chi connectivity index (χ1v) is 7.68. The number of thiophene rings is 1. The van der Waals surface area contributed by atoms with E-state index in [0.29, 0.717) is 12.1 Å². The first-order valence-electron chi connectivity index (χ1n) is 6.07. The third kappa shape index (κ3) is 3.62. The van der Waals surface area contributed by atoms with Crippen LogP contribution in [0.25, 0.3) is 0 Å². The fraction of sp³-hybridized carbons (Fsp3) is 0.286. The molecule has 0 saturated heterocycles. The van der Waals surface area contributed by atoms with Crippen molar-refractivity contribution in [2.45, 2.75) is 19.1 Å². The van der Waals surface area contributed by atoms with E-state index in [1.165, 1.54) is 23.5 Å². The van der Waals surface area contributed by atoms with Gasteiger partial charge in [-0.05, 0) is 52.3 Å². The Hall–Kier alpha value is -0.850. The molecule has 0 aliphatic rings. The molecule has 0 aliphatic heterocycles. The lowest BCUT2D eigenvalue weighted by atomic mass is 10.0. The Morgan fingerprint density at radius 1 is 1.25 bits per heavy atom. The van der Waals surface area contributed by atoms with Crippen molar-refractivity contribution in [3.8, 4) is 0 Å². The fourth-order valence-electron chi connectivity index (χ4n) is 1.96. The molecule has 0 fully saturated rings. The van der Waals surface area contributed by atoms with Gasteiger partial charge in [-0.15, -0.1) is 11.3 Å². The predicted molar refractivity (Wildman–Crippen MR) is 79.0 cm³/mol. The van der Waals surface area contributed by atoms with E-state index in [0.717, 1.165) is 14.7 Å². The molecule has 108 valence electrons. The maximum atomic E-state index is 12.8. The van der Waals surface area contributed by atoms with E-state index in [1.807, 2.05) is 19.1 Å². The smallest absolute Gasteiger partial charge is 0.306 e. The summed E-state index contributed by atoms with van der Waals surface area (Å²) in [5.41, 5.74) is 0.00421. The Morgan fingerprint density at radius 2 is 2.00 bits per heavy atom. The van der Waals surface area contributed by atoms with Gasteiger partial charge in [0.2, 0.25) is 0 Å². The monoisotopic (exact) mass is 363 g/mol. The van der Waals surface area contributed by atoms with E-state index in [2.05, 4.69) is 21.2 Å². The predicted octanol–water partition coefficient (Wildman–Crippen LogP) is 5.23. The molecule has 0 amide bonds. The minimum absolute atomic E-state index is 0.224. The van der Waals surface area contributed by atoms with Gasteiger partial charge in [-0.3, -0.25) is 0 Å². The normalized spacial score (nSPS) is 13.4. The van der Waals surface area contributed by atoms with Crippen LogP contribution in [0.5, 0.6) is 0 Å². The van der Waals surface area contributed by atoms with Gasteiger partial charge in [-0.2, -0.15) is 13.2 Å². The highest BCUT2D eigenvalue weighted by Gasteiger charge is 2.31. The van der Waals surface area contributed by atoms with Crippen molar-refractivity contribution in [2.24, 2.45) is 0 Å². The summed E-state index contributed by atoms with van der Waals surface area (Å²) >= 11 is 4.90. The van der Waals surface area contributed by atoms with Crippen molar-refractivity contribution in [3.63, 3.8) is 0 Å². The molecule has 1 unspecified atom stereocenters. The highest BCUT2D eigenvalue weighted by Crippen LogP contribution is 2.34. The van der Waals surface area contributed by atoms with Gasteiger partial charge >= 0.3 is 6.18 Å².